The van der Waals surface area contributed by atoms with Gasteiger partial charge in [0.15, 0.2) is 6.61 Å². The van der Waals surface area contributed by atoms with E-state index in [0.29, 0.717) is 11.8 Å². The summed E-state index contributed by atoms with van der Waals surface area (Å²) in [6, 6.07) is 16.0. The second-order valence-electron chi connectivity index (χ2n) is 7.60. The molecule has 1 atom stereocenters. The zero-order valence-corrected chi connectivity index (χ0v) is 16.9. The van der Waals surface area contributed by atoms with Crippen LogP contribution < -0.4 is 4.74 Å². The Morgan fingerprint density at radius 1 is 1.11 bits per heavy atom. The van der Waals surface area contributed by atoms with Crippen molar-refractivity contribution in [2.75, 3.05) is 19.7 Å². The third-order valence-electron chi connectivity index (χ3n) is 5.27. The predicted molar refractivity (Wildman–Crippen MR) is 111 cm³/mol. The number of hydrogen-bond donors (Lipinski definition) is 0. The molecule has 2 aromatic rings. The summed E-state index contributed by atoms with van der Waals surface area (Å²) < 4.78 is 5.74. The third-order valence-corrected chi connectivity index (χ3v) is 5.53. The average Bonchev–Trinajstić information content (AvgIpc) is 2.93. The number of likely N-dealkylation sites (tertiary alicyclic amines) is 1. The lowest BCUT2D eigenvalue weighted by Crippen LogP contribution is -2.37. The minimum absolute atomic E-state index is 0.0591. The standard InChI is InChI=1S/C23H28ClNO2/c1-17(2)18-8-12-22(13-9-18)27-16-23(26)25-14-4-3-5-20(15-25)19-6-10-21(24)11-7-19/h6-13,17,20H,3-5,14-16H2,1-2H3. The van der Waals surface area contributed by atoms with Gasteiger partial charge in [-0.15, -0.1) is 0 Å². The predicted octanol–water partition coefficient (Wildman–Crippen LogP) is 5.64. The van der Waals surface area contributed by atoms with E-state index in [1.165, 1.54) is 11.1 Å². The Hall–Kier alpha value is -2.00. The normalized spacial score (nSPS) is 17.6. The summed E-state index contributed by atoms with van der Waals surface area (Å²) in [6.07, 6.45) is 3.27. The van der Waals surface area contributed by atoms with Gasteiger partial charge in [0.05, 0.1) is 0 Å². The van der Waals surface area contributed by atoms with Gasteiger partial charge in [-0.05, 0) is 54.2 Å². The summed E-state index contributed by atoms with van der Waals surface area (Å²) >= 11 is 6.01. The number of amides is 1. The van der Waals surface area contributed by atoms with E-state index >= 15 is 0 Å². The molecular formula is C23H28ClNO2. The van der Waals surface area contributed by atoms with Crippen molar-refractivity contribution < 1.29 is 9.53 Å². The van der Waals surface area contributed by atoms with Gasteiger partial charge in [0.1, 0.15) is 5.75 Å². The molecule has 1 heterocycles. The van der Waals surface area contributed by atoms with Crippen molar-refractivity contribution in [3.63, 3.8) is 0 Å². The molecule has 1 aliphatic rings. The van der Waals surface area contributed by atoms with Gasteiger partial charge in [-0.3, -0.25) is 4.79 Å². The van der Waals surface area contributed by atoms with Crippen LogP contribution in [-0.4, -0.2) is 30.5 Å². The molecule has 3 rings (SSSR count). The van der Waals surface area contributed by atoms with Gasteiger partial charge in [-0.1, -0.05) is 56.1 Å². The highest BCUT2D eigenvalue weighted by atomic mass is 35.5. The van der Waals surface area contributed by atoms with E-state index in [-0.39, 0.29) is 12.5 Å². The van der Waals surface area contributed by atoms with Gasteiger partial charge in [-0.25, -0.2) is 0 Å². The zero-order chi connectivity index (χ0) is 19.2. The molecule has 27 heavy (non-hydrogen) atoms. The Morgan fingerprint density at radius 3 is 2.48 bits per heavy atom. The van der Waals surface area contributed by atoms with E-state index in [2.05, 4.69) is 38.1 Å². The highest BCUT2D eigenvalue weighted by molar-refractivity contribution is 6.30. The largest absolute Gasteiger partial charge is 0.484 e. The van der Waals surface area contributed by atoms with E-state index < -0.39 is 0 Å². The van der Waals surface area contributed by atoms with Crippen molar-refractivity contribution in [3.8, 4) is 5.75 Å². The molecule has 0 aromatic heterocycles. The summed E-state index contributed by atoms with van der Waals surface area (Å²) in [5, 5.41) is 0.747. The number of carbonyl (C=O) groups is 1. The van der Waals surface area contributed by atoms with Gasteiger partial charge in [-0.2, -0.15) is 0 Å². The van der Waals surface area contributed by atoms with Gasteiger partial charge in [0, 0.05) is 24.0 Å². The average molecular weight is 386 g/mol. The smallest absolute Gasteiger partial charge is 0.260 e. The minimum atomic E-state index is 0.0591. The Labute approximate surface area is 167 Å². The molecule has 1 aliphatic heterocycles. The Morgan fingerprint density at radius 2 is 1.81 bits per heavy atom. The molecule has 4 heteroatoms. The molecule has 1 unspecified atom stereocenters. The molecule has 144 valence electrons. The molecule has 0 bridgehead atoms. The molecule has 1 fully saturated rings. The second-order valence-corrected chi connectivity index (χ2v) is 8.03. The van der Waals surface area contributed by atoms with Crippen LogP contribution in [0.4, 0.5) is 0 Å². The highest BCUT2D eigenvalue weighted by Crippen LogP contribution is 2.27. The van der Waals surface area contributed by atoms with Crippen LogP contribution in [0.1, 0.15) is 56.1 Å². The van der Waals surface area contributed by atoms with Crippen molar-refractivity contribution in [2.24, 2.45) is 0 Å². The lowest BCUT2D eigenvalue weighted by atomic mass is 9.94. The fourth-order valence-corrected chi connectivity index (χ4v) is 3.69. The summed E-state index contributed by atoms with van der Waals surface area (Å²) in [5.74, 6) is 1.65. The third kappa shape index (κ3) is 5.49. The van der Waals surface area contributed by atoms with Crippen LogP contribution in [0.25, 0.3) is 0 Å². The molecule has 0 aliphatic carbocycles. The number of ether oxygens (including phenoxy) is 1. The SMILES string of the molecule is CC(C)c1ccc(OCC(=O)N2CCCCC(c3ccc(Cl)cc3)C2)cc1. The van der Waals surface area contributed by atoms with Crippen LogP contribution in [-0.2, 0) is 4.79 Å². The van der Waals surface area contributed by atoms with Gasteiger partial charge < -0.3 is 9.64 Å². The van der Waals surface area contributed by atoms with Crippen LogP contribution in [0.2, 0.25) is 5.02 Å². The molecular weight excluding hydrogens is 358 g/mol. The minimum Gasteiger partial charge on any atom is -0.484 e. The zero-order valence-electron chi connectivity index (χ0n) is 16.2. The van der Waals surface area contributed by atoms with E-state index in [1.54, 1.807) is 0 Å². The number of halogens is 1. The Bertz CT molecular complexity index is 740. The van der Waals surface area contributed by atoms with Crippen molar-refractivity contribution in [2.45, 2.75) is 44.9 Å². The number of rotatable bonds is 5. The van der Waals surface area contributed by atoms with Crippen LogP contribution in [0.5, 0.6) is 5.75 Å². The molecule has 0 saturated carbocycles. The van der Waals surface area contributed by atoms with Crippen LogP contribution in [0.15, 0.2) is 48.5 Å². The van der Waals surface area contributed by atoms with E-state index in [0.717, 1.165) is 43.1 Å². The lowest BCUT2D eigenvalue weighted by Gasteiger charge is -2.25. The quantitative estimate of drug-likeness (QED) is 0.666. The van der Waals surface area contributed by atoms with Crippen molar-refractivity contribution in [3.05, 3.63) is 64.7 Å². The number of hydrogen-bond acceptors (Lipinski definition) is 2. The first-order valence-electron chi connectivity index (χ1n) is 9.79. The van der Waals surface area contributed by atoms with Crippen LogP contribution >= 0.6 is 11.6 Å². The van der Waals surface area contributed by atoms with E-state index in [1.807, 2.05) is 29.2 Å². The summed E-state index contributed by atoms with van der Waals surface area (Å²) in [6.45, 7) is 5.97. The summed E-state index contributed by atoms with van der Waals surface area (Å²) in [7, 11) is 0. The van der Waals surface area contributed by atoms with E-state index in [4.69, 9.17) is 16.3 Å². The maximum atomic E-state index is 12.7. The van der Waals surface area contributed by atoms with Crippen molar-refractivity contribution >= 4 is 17.5 Å². The maximum Gasteiger partial charge on any atom is 0.260 e. The maximum absolute atomic E-state index is 12.7. The Kier molecular flexibility index (Phi) is 6.78. The van der Waals surface area contributed by atoms with Gasteiger partial charge >= 0.3 is 0 Å². The molecule has 1 amide bonds. The molecule has 0 radical (unpaired) electrons. The molecule has 2 aromatic carbocycles. The molecule has 0 N–H and O–H groups in total. The first kappa shape index (κ1) is 19.8. The highest BCUT2D eigenvalue weighted by Gasteiger charge is 2.23. The van der Waals surface area contributed by atoms with Gasteiger partial charge in [0.25, 0.3) is 5.91 Å². The Balaban J connectivity index is 1.58. The number of nitrogens with zero attached hydrogens (tertiary/aromatic N) is 1. The lowest BCUT2D eigenvalue weighted by molar-refractivity contribution is -0.133. The number of benzene rings is 2. The molecule has 0 spiro atoms. The monoisotopic (exact) mass is 385 g/mol. The second kappa shape index (κ2) is 9.27. The first-order chi connectivity index (χ1) is 13.0. The molecule has 1 saturated heterocycles. The van der Waals surface area contributed by atoms with Crippen LogP contribution in [0.3, 0.4) is 0 Å². The fraction of sp³-hybridized carbons (Fsp3) is 0.435. The van der Waals surface area contributed by atoms with Crippen molar-refractivity contribution in [1.82, 2.24) is 4.90 Å². The summed E-state index contributed by atoms with van der Waals surface area (Å²) in [4.78, 5) is 14.7. The number of carbonyl (C=O) groups excluding carboxylic acids is 1. The van der Waals surface area contributed by atoms with E-state index in [9.17, 15) is 4.79 Å². The van der Waals surface area contributed by atoms with Crippen molar-refractivity contribution in [1.29, 1.82) is 0 Å². The van der Waals surface area contributed by atoms with Crippen LogP contribution in [0, 0.1) is 0 Å². The first-order valence-corrected chi connectivity index (χ1v) is 10.2. The summed E-state index contributed by atoms with van der Waals surface area (Å²) in [5.41, 5.74) is 2.52. The molecule has 3 nitrogen and oxygen atoms in total. The van der Waals surface area contributed by atoms with Gasteiger partial charge in [0.2, 0.25) is 0 Å². The topological polar surface area (TPSA) is 29.5 Å². The fourth-order valence-electron chi connectivity index (χ4n) is 3.56.